The monoisotopic (exact) mass is 314 g/mol. The molecule has 2 N–H and O–H groups in total. The van der Waals surface area contributed by atoms with E-state index in [9.17, 15) is 14.0 Å². The molecule has 21 heavy (non-hydrogen) atoms. The predicted octanol–water partition coefficient (Wildman–Crippen LogP) is 1.02. The van der Waals surface area contributed by atoms with Crippen molar-refractivity contribution in [3.8, 4) is 0 Å². The van der Waals surface area contributed by atoms with Gasteiger partial charge in [0.25, 0.3) is 0 Å². The highest BCUT2D eigenvalue weighted by atomic mass is 32.2. The molecule has 1 amide bonds. The van der Waals surface area contributed by atoms with Crippen LogP contribution in [0.1, 0.15) is 5.56 Å². The Bertz CT molecular complexity index is 499. The van der Waals surface area contributed by atoms with Crippen LogP contribution in [-0.4, -0.2) is 48.5 Å². The minimum absolute atomic E-state index is 0.152. The van der Waals surface area contributed by atoms with E-state index in [-0.39, 0.29) is 24.0 Å². The fourth-order valence-electron chi connectivity index (χ4n) is 1.57. The molecule has 1 aromatic rings. The summed E-state index contributed by atoms with van der Waals surface area (Å²) in [6.07, 6.45) is 0. The highest BCUT2D eigenvalue weighted by Gasteiger charge is 2.16. The number of carbonyl (C=O) groups excluding carboxylic acids is 2. The Morgan fingerprint density at radius 3 is 2.71 bits per heavy atom. The molecule has 0 radical (unpaired) electrons. The first-order valence-corrected chi connectivity index (χ1v) is 7.49. The van der Waals surface area contributed by atoms with E-state index in [1.807, 2.05) is 0 Å². The van der Waals surface area contributed by atoms with Gasteiger partial charge in [-0.1, -0.05) is 18.2 Å². The number of hydrogen-bond donors (Lipinski definition) is 1. The van der Waals surface area contributed by atoms with Gasteiger partial charge in [0.1, 0.15) is 11.9 Å². The van der Waals surface area contributed by atoms with Gasteiger partial charge in [0, 0.05) is 24.9 Å². The second kappa shape index (κ2) is 8.63. The highest BCUT2D eigenvalue weighted by Crippen LogP contribution is 2.11. The second-order valence-electron chi connectivity index (χ2n) is 4.49. The summed E-state index contributed by atoms with van der Waals surface area (Å²) in [6, 6.07) is 5.58. The van der Waals surface area contributed by atoms with Crippen LogP contribution >= 0.6 is 11.8 Å². The third-order valence-electron chi connectivity index (χ3n) is 2.82. The van der Waals surface area contributed by atoms with Crippen molar-refractivity contribution in [3.63, 3.8) is 0 Å². The maximum absolute atomic E-state index is 13.5. The molecule has 7 heteroatoms. The van der Waals surface area contributed by atoms with Gasteiger partial charge in [-0.3, -0.25) is 9.59 Å². The van der Waals surface area contributed by atoms with E-state index in [0.717, 1.165) is 0 Å². The van der Waals surface area contributed by atoms with E-state index in [0.29, 0.717) is 11.3 Å². The number of esters is 1. The average molecular weight is 314 g/mol. The van der Waals surface area contributed by atoms with Crippen LogP contribution in [0.5, 0.6) is 0 Å². The predicted molar refractivity (Wildman–Crippen MR) is 80.2 cm³/mol. The number of methoxy groups -OCH3 is 1. The van der Waals surface area contributed by atoms with E-state index < -0.39 is 12.0 Å². The summed E-state index contributed by atoms with van der Waals surface area (Å²) in [5.41, 5.74) is 6.03. The second-order valence-corrected chi connectivity index (χ2v) is 5.52. The Hall–Kier alpha value is -1.60. The SMILES string of the molecule is COC(=O)C(N)CSCC(=O)N(C)Cc1ccccc1F. The Kier molecular flexibility index (Phi) is 7.18. The number of thioether (sulfide) groups is 1. The van der Waals surface area contributed by atoms with Crippen molar-refractivity contribution in [1.29, 1.82) is 0 Å². The molecule has 0 saturated heterocycles. The molecule has 1 rings (SSSR count). The zero-order valence-corrected chi connectivity index (χ0v) is 12.9. The summed E-state index contributed by atoms with van der Waals surface area (Å²) in [6.45, 7) is 0.203. The Labute approximate surface area is 127 Å². The summed E-state index contributed by atoms with van der Waals surface area (Å²) < 4.78 is 18.0. The minimum Gasteiger partial charge on any atom is -0.468 e. The molecular weight excluding hydrogens is 295 g/mol. The van der Waals surface area contributed by atoms with Crippen LogP contribution in [0.2, 0.25) is 0 Å². The van der Waals surface area contributed by atoms with Crippen molar-refractivity contribution in [2.45, 2.75) is 12.6 Å². The molecule has 0 fully saturated rings. The van der Waals surface area contributed by atoms with Gasteiger partial charge in [-0.25, -0.2) is 4.39 Å². The first kappa shape index (κ1) is 17.5. The molecule has 0 aromatic heterocycles. The van der Waals surface area contributed by atoms with Crippen LogP contribution in [0, 0.1) is 5.82 Å². The molecule has 0 aliphatic rings. The van der Waals surface area contributed by atoms with Crippen molar-refractivity contribution in [3.05, 3.63) is 35.6 Å². The maximum Gasteiger partial charge on any atom is 0.323 e. The van der Waals surface area contributed by atoms with E-state index in [1.165, 1.54) is 29.8 Å². The molecule has 116 valence electrons. The van der Waals surface area contributed by atoms with E-state index in [1.54, 1.807) is 25.2 Å². The van der Waals surface area contributed by atoms with Gasteiger partial charge in [0.15, 0.2) is 0 Å². The summed E-state index contributed by atoms with van der Waals surface area (Å²) in [5.74, 6) is -0.519. The van der Waals surface area contributed by atoms with Gasteiger partial charge in [0.2, 0.25) is 5.91 Å². The van der Waals surface area contributed by atoms with Crippen LogP contribution in [0.4, 0.5) is 4.39 Å². The molecule has 0 saturated carbocycles. The third kappa shape index (κ3) is 5.73. The van der Waals surface area contributed by atoms with E-state index >= 15 is 0 Å². The van der Waals surface area contributed by atoms with Crippen molar-refractivity contribution in [2.75, 3.05) is 25.7 Å². The van der Waals surface area contributed by atoms with Gasteiger partial charge in [-0.05, 0) is 6.07 Å². The molecule has 1 unspecified atom stereocenters. The zero-order valence-electron chi connectivity index (χ0n) is 12.0. The molecule has 1 aromatic carbocycles. The fraction of sp³-hybridized carbons (Fsp3) is 0.429. The summed E-state index contributed by atoms with van der Waals surface area (Å²) in [5, 5.41) is 0. The lowest BCUT2D eigenvalue weighted by Crippen LogP contribution is -2.35. The normalized spacial score (nSPS) is 11.8. The van der Waals surface area contributed by atoms with Gasteiger partial charge in [-0.2, -0.15) is 0 Å². The van der Waals surface area contributed by atoms with Crippen LogP contribution in [-0.2, 0) is 20.9 Å². The van der Waals surface area contributed by atoms with Crippen LogP contribution in [0.15, 0.2) is 24.3 Å². The summed E-state index contributed by atoms with van der Waals surface area (Å²) >= 11 is 1.25. The van der Waals surface area contributed by atoms with Crippen molar-refractivity contribution in [2.24, 2.45) is 5.73 Å². The molecule has 1 atom stereocenters. The molecule has 0 bridgehead atoms. The quantitative estimate of drug-likeness (QED) is 0.761. The molecule has 0 spiro atoms. The number of amides is 1. The van der Waals surface area contributed by atoms with Gasteiger partial charge in [-0.15, -0.1) is 11.8 Å². The average Bonchev–Trinajstić information content (AvgIpc) is 2.48. The van der Waals surface area contributed by atoms with Crippen LogP contribution < -0.4 is 5.73 Å². The molecule has 0 aliphatic heterocycles. The first-order chi connectivity index (χ1) is 9.95. The number of halogens is 1. The number of nitrogens with two attached hydrogens (primary N) is 1. The number of benzene rings is 1. The van der Waals surface area contributed by atoms with E-state index in [4.69, 9.17) is 5.73 Å². The number of ether oxygens (including phenoxy) is 1. The zero-order chi connectivity index (χ0) is 15.8. The molecule has 0 heterocycles. The van der Waals surface area contributed by atoms with E-state index in [2.05, 4.69) is 4.74 Å². The Balaban J connectivity index is 2.38. The lowest BCUT2D eigenvalue weighted by molar-refractivity contribution is -0.141. The van der Waals surface area contributed by atoms with Crippen molar-refractivity contribution >= 4 is 23.6 Å². The topological polar surface area (TPSA) is 72.6 Å². The number of carbonyl (C=O) groups is 2. The van der Waals surface area contributed by atoms with Gasteiger partial charge >= 0.3 is 5.97 Å². The first-order valence-electron chi connectivity index (χ1n) is 6.34. The minimum atomic E-state index is -0.746. The lowest BCUT2D eigenvalue weighted by Gasteiger charge is -2.18. The maximum atomic E-state index is 13.5. The summed E-state index contributed by atoms with van der Waals surface area (Å²) in [4.78, 5) is 24.4. The number of rotatable bonds is 7. The highest BCUT2D eigenvalue weighted by molar-refractivity contribution is 8.00. The molecular formula is C14H19FN2O3S. The van der Waals surface area contributed by atoms with Crippen LogP contribution in [0.25, 0.3) is 0 Å². The Morgan fingerprint density at radius 2 is 2.10 bits per heavy atom. The fourth-order valence-corrected chi connectivity index (χ4v) is 2.48. The molecule has 5 nitrogen and oxygen atoms in total. The van der Waals surface area contributed by atoms with Gasteiger partial charge < -0.3 is 15.4 Å². The standard InChI is InChI=1S/C14H19FN2O3S/c1-17(7-10-5-3-4-6-11(10)15)13(18)9-21-8-12(16)14(19)20-2/h3-6,12H,7-9,16H2,1-2H3. The summed E-state index contributed by atoms with van der Waals surface area (Å²) in [7, 11) is 2.87. The lowest BCUT2D eigenvalue weighted by atomic mass is 10.2. The largest absolute Gasteiger partial charge is 0.468 e. The molecule has 0 aliphatic carbocycles. The Morgan fingerprint density at radius 1 is 1.43 bits per heavy atom. The number of nitrogens with zero attached hydrogens (tertiary/aromatic N) is 1. The third-order valence-corrected chi connectivity index (χ3v) is 3.86. The van der Waals surface area contributed by atoms with Crippen molar-refractivity contribution in [1.82, 2.24) is 4.90 Å². The van der Waals surface area contributed by atoms with Crippen molar-refractivity contribution < 1.29 is 18.7 Å². The number of hydrogen-bond acceptors (Lipinski definition) is 5. The van der Waals surface area contributed by atoms with Gasteiger partial charge in [0.05, 0.1) is 12.9 Å². The van der Waals surface area contributed by atoms with Crippen LogP contribution in [0.3, 0.4) is 0 Å². The smallest absolute Gasteiger partial charge is 0.323 e.